The average molecular weight is 236 g/mol. The highest BCUT2D eigenvalue weighted by Gasteiger charge is 2.19. The molecule has 1 amide bonds. The summed E-state index contributed by atoms with van der Waals surface area (Å²) in [5.74, 6) is 0.00771. The van der Waals surface area contributed by atoms with Crippen LogP contribution in [0, 0.1) is 6.92 Å². The number of aryl methyl sites for hydroxylation is 1. The van der Waals surface area contributed by atoms with E-state index in [1.807, 2.05) is 0 Å². The van der Waals surface area contributed by atoms with Crippen LogP contribution in [0.4, 0.5) is 5.69 Å². The molecule has 0 aliphatic carbocycles. The molecule has 2 heterocycles. The Morgan fingerprint density at radius 3 is 2.76 bits per heavy atom. The summed E-state index contributed by atoms with van der Waals surface area (Å²) in [6, 6.07) is -0.377. The predicted octanol–water partition coefficient (Wildman–Crippen LogP) is -0.696. The first kappa shape index (κ1) is 11.0. The highest BCUT2D eigenvalue weighted by Crippen LogP contribution is 2.13. The lowest BCUT2D eigenvalue weighted by atomic mass is 10.2. The van der Waals surface area contributed by atoms with Crippen molar-refractivity contribution in [2.45, 2.75) is 19.9 Å². The quantitative estimate of drug-likeness (QED) is 0.556. The molecule has 1 unspecified atom stereocenters. The smallest absolute Gasteiger partial charge is 0.274 e. The highest BCUT2D eigenvalue weighted by molar-refractivity contribution is 5.97. The van der Waals surface area contributed by atoms with Gasteiger partial charge >= 0.3 is 0 Å². The van der Waals surface area contributed by atoms with Crippen LogP contribution in [0.25, 0.3) is 0 Å². The first-order chi connectivity index (χ1) is 8.09. The number of hydrogen-bond donors (Lipinski definition) is 4. The Labute approximate surface area is 96.2 Å². The van der Waals surface area contributed by atoms with E-state index < -0.39 is 0 Å². The Morgan fingerprint density at radius 2 is 2.24 bits per heavy atom. The zero-order valence-electron chi connectivity index (χ0n) is 9.35. The van der Waals surface area contributed by atoms with Gasteiger partial charge in [-0.15, -0.1) is 10.2 Å². The first-order valence-corrected chi connectivity index (χ1v) is 4.94. The van der Waals surface area contributed by atoms with E-state index in [0.29, 0.717) is 17.2 Å². The van der Waals surface area contributed by atoms with Crippen molar-refractivity contribution in [2.24, 2.45) is 0 Å². The Bertz CT molecular complexity index is 516. The molecule has 0 radical (unpaired) electrons. The molecule has 0 spiro atoms. The number of aromatic nitrogens is 6. The monoisotopic (exact) mass is 236 g/mol. The van der Waals surface area contributed by atoms with Crippen molar-refractivity contribution in [1.82, 2.24) is 36.1 Å². The van der Waals surface area contributed by atoms with Crippen molar-refractivity contribution in [1.29, 1.82) is 0 Å². The van der Waals surface area contributed by atoms with E-state index in [9.17, 15) is 4.79 Å². The minimum absolute atomic E-state index is 0.165. The molecule has 9 heteroatoms. The van der Waals surface area contributed by atoms with Gasteiger partial charge in [-0.3, -0.25) is 9.89 Å². The lowest BCUT2D eigenvalue weighted by Gasteiger charge is -2.08. The molecule has 2 rings (SSSR count). The second-order valence-electron chi connectivity index (χ2n) is 3.58. The molecular formula is C8H12N8O. The molecular weight excluding hydrogens is 224 g/mol. The molecule has 0 aliphatic rings. The summed E-state index contributed by atoms with van der Waals surface area (Å²) in [5, 5.41) is 22.4. The summed E-state index contributed by atoms with van der Waals surface area (Å²) in [7, 11) is 0. The molecule has 0 fully saturated rings. The van der Waals surface area contributed by atoms with Crippen molar-refractivity contribution < 1.29 is 4.79 Å². The largest absolute Gasteiger partial charge is 0.395 e. The van der Waals surface area contributed by atoms with E-state index in [0.717, 1.165) is 0 Å². The van der Waals surface area contributed by atoms with Crippen molar-refractivity contribution in [3.05, 3.63) is 17.2 Å². The van der Waals surface area contributed by atoms with Crippen LogP contribution in [0.5, 0.6) is 0 Å². The topological polar surface area (TPSA) is 138 Å². The maximum absolute atomic E-state index is 11.8. The van der Waals surface area contributed by atoms with Gasteiger partial charge in [-0.25, -0.2) is 0 Å². The Balaban J connectivity index is 2.10. The SMILES string of the molecule is Cc1[nH]nc(C(=O)NC(C)c2nn[nH]n2)c1N. The number of hydrogen-bond acceptors (Lipinski definition) is 6. The van der Waals surface area contributed by atoms with Gasteiger partial charge in [-0.2, -0.15) is 10.3 Å². The summed E-state index contributed by atoms with van der Waals surface area (Å²) >= 11 is 0. The van der Waals surface area contributed by atoms with Gasteiger partial charge in [-0.1, -0.05) is 5.21 Å². The molecule has 17 heavy (non-hydrogen) atoms. The van der Waals surface area contributed by atoms with Crippen molar-refractivity contribution in [2.75, 3.05) is 5.73 Å². The fourth-order valence-electron chi connectivity index (χ4n) is 1.29. The Morgan fingerprint density at radius 1 is 1.47 bits per heavy atom. The van der Waals surface area contributed by atoms with E-state index >= 15 is 0 Å². The van der Waals surface area contributed by atoms with Gasteiger partial charge in [0, 0.05) is 0 Å². The Kier molecular flexibility index (Phi) is 2.73. The van der Waals surface area contributed by atoms with E-state index in [2.05, 4.69) is 36.1 Å². The van der Waals surface area contributed by atoms with Gasteiger partial charge in [-0.05, 0) is 13.8 Å². The van der Waals surface area contributed by atoms with Crippen LogP contribution in [0.15, 0.2) is 0 Å². The normalized spacial score (nSPS) is 12.4. The average Bonchev–Trinajstić information content (AvgIpc) is 2.90. The third-order valence-corrected chi connectivity index (χ3v) is 2.31. The fourth-order valence-corrected chi connectivity index (χ4v) is 1.29. The molecule has 2 aromatic rings. The molecule has 9 nitrogen and oxygen atoms in total. The number of amides is 1. The summed E-state index contributed by atoms with van der Waals surface area (Å²) in [5.41, 5.74) is 6.85. The van der Waals surface area contributed by atoms with Crippen LogP contribution >= 0.6 is 0 Å². The van der Waals surface area contributed by atoms with Gasteiger partial charge in [0.1, 0.15) is 0 Å². The van der Waals surface area contributed by atoms with Gasteiger partial charge in [0.05, 0.1) is 17.4 Å². The lowest BCUT2D eigenvalue weighted by Crippen LogP contribution is -2.28. The van der Waals surface area contributed by atoms with Crippen LogP contribution in [-0.4, -0.2) is 36.7 Å². The van der Waals surface area contributed by atoms with E-state index in [1.165, 1.54) is 0 Å². The number of anilines is 1. The summed E-state index contributed by atoms with van der Waals surface area (Å²) in [6.07, 6.45) is 0. The minimum Gasteiger partial charge on any atom is -0.395 e. The van der Waals surface area contributed by atoms with Crippen molar-refractivity contribution >= 4 is 11.6 Å². The number of nitrogen functional groups attached to an aromatic ring is 1. The highest BCUT2D eigenvalue weighted by atomic mass is 16.2. The van der Waals surface area contributed by atoms with Crippen LogP contribution in [-0.2, 0) is 0 Å². The van der Waals surface area contributed by atoms with E-state index in [-0.39, 0.29) is 17.6 Å². The fraction of sp³-hybridized carbons (Fsp3) is 0.375. The van der Waals surface area contributed by atoms with Crippen LogP contribution in [0.2, 0.25) is 0 Å². The number of nitrogens with one attached hydrogen (secondary N) is 3. The summed E-state index contributed by atoms with van der Waals surface area (Å²) < 4.78 is 0. The van der Waals surface area contributed by atoms with Gasteiger partial charge in [0.2, 0.25) is 0 Å². The number of H-pyrrole nitrogens is 2. The number of nitrogens with zero attached hydrogens (tertiary/aromatic N) is 4. The Hall–Kier alpha value is -2.45. The maximum atomic E-state index is 11.8. The van der Waals surface area contributed by atoms with Gasteiger partial charge in [0.25, 0.3) is 5.91 Å². The van der Waals surface area contributed by atoms with E-state index in [4.69, 9.17) is 5.73 Å². The molecule has 2 aromatic heterocycles. The third-order valence-electron chi connectivity index (χ3n) is 2.31. The van der Waals surface area contributed by atoms with Crippen molar-refractivity contribution in [3.8, 4) is 0 Å². The number of tetrazole rings is 1. The molecule has 0 saturated carbocycles. The molecule has 0 aliphatic heterocycles. The first-order valence-electron chi connectivity index (χ1n) is 4.94. The number of carbonyl (C=O) groups is 1. The van der Waals surface area contributed by atoms with Gasteiger partial charge < -0.3 is 11.1 Å². The molecule has 0 aromatic carbocycles. The molecule has 0 bridgehead atoms. The zero-order chi connectivity index (χ0) is 12.4. The molecule has 1 atom stereocenters. The standard InChI is InChI=1S/C8H12N8O/c1-3-5(9)6(12-11-3)8(17)10-4(2)7-13-15-16-14-7/h4H,9H2,1-2H3,(H,10,17)(H,11,12)(H,13,14,15,16). The molecule has 0 saturated heterocycles. The number of rotatable bonds is 3. The second-order valence-corrected chi connectivity index (χ2v) is 3.58. The second kappa shape index (κ2) is 4.20. The number of carbonyl (C=O) groups excluding carboxylic acids is 1. The van der Waals surface area contributed by atoms with Crippen LogP contribution < -0.4 is 11.1 Å². The molecule has 90 valence electrons. The lowest BCUT2D eigenvalue weighted by molar-refractivity contribution is 0.0934. The van der Waals surface area contributed by atoms with Crippen LogP contribution in [0.3, 0.4) is 0 Å². The van der Waals surface area contributed by atoms with Gasteiger partial charge in [0.15, 0.2) is 11.5 Å². The summed E-state index contributed by atoms with van der Waals surface area (Å²) in [4.78, 5) is 11.8. The molecule has 5 N–H and O–H groups in total. The number of nitrogens with two attached hydrogens (primary N) is 1. The number of aromatic amines is 2. The predicted molar refractivity (Wildman–Crippen MR) is 57.8 cm³/mol. The van der Waals surface area contributed by atoms with E-state index in [1.54, 1.807) is 13.8 Å². The van der Waals surface area contributed by atoms with Crippen molar-refractivity contribution in [3.63, 3.8) is 0 Å². The zero-order valence-corrected chi connectivity index (χ0v) is 9.35. The third kappa shape index (κ3) is 2.07. The van der Waals surface area contributed by atoms with Crippen LogP contribution in [0.1, 0.15) is 35.0 Å². The summed E-state index contributed by atoms with van der Waals surface area (Å²) in [6.45, 7) is 3.47. The maximum Gasteiger partial charge on any atom is 0.274 e. The minimum atomic E-state index is -0.385.